The average molecular weight is 441 g/mol. The summed E-state index contributed by atoms with van der Waals surface area (Å²) < 4.78 is 68.5. The number of carbonyl (C=O) groups is 1. The van der Waals surface area contributed by atoms with Gasteiger partial charge in [-0.25, -0.2) is 0 Å². The standard InChI is InChI=1S/C21H26ClF5O2/c1-17-8-7-15(28)16(22)14(17)4-3-11-12(17)5-9-18(2)13(11)6-10-19(18,29)20(23,24)21(25,26)27/h11-13,29H,3-10H2,1-2H3/t11?,12?,13?,17-,18+,19-/m1/s1. The lowest BCUT2D eigenvalue weighted by Crippen LogP contribution is -2.65. The second-order valence-corrected chi connectivity index (χ2v) is 10.4. The van der Waals surface area contributed by atoms with Gasteiger partial charge in [0, 0.05) is 11.8 Å². The molecule has 29 heavy (non-hydrogen) atoms. The van der Waals surface area contributed by atoms with Gasteiger partial charge in [0.15, 0.2) is 5.78 Å². The van der Waals surface area contributed by atoms with Crippen molar-refractivity contribution in [3.05, 3.63) is 10.6 Å². The van der Waals surface area contributed by atoms with Crippen molar-refractivity contribution in [2.45, 2.75) is 82.9 Å². The Hall–Kier alpha value is -0.690. The number of carbonyl (C=O) groups excluding carboxylic acids is 1. The fourth-order valence-corrected chi connectivity index (χ4v) is 7.82. The molecule has 0 aromatic rings. The van der Waals surface area contributed by atoms with Gasteiger partial charge in [0.25, 0.3) is 0 Å². The third-order valence-corrected chi connectivity index (χ3v) is 9.52. The van der Waals surface area contributed by atoms with Gasteiger partial charge < -0.3 is 5.11 Å². The monoisotopic (exact) mass is 440 g/mol. The van der Waals surface area contributed by atoms with Gasteiger partial charge in [-0.15, -0.1) is 0 Å². The van der Waals surface area contributed by atoms with Crippen LogP contribution in [0.3, 0.4) is 0 Å². The maximum absolute atomic E-state index is 14.5. The smallest absolute Gasteiger partial charge is 0.383 e. The minimum Gasteiger partial charge on any atom is -0.383 e. The summed E-state index contributed by atoms with van der Waals surface area (Å²) in [7, 11) is 0. The molecule has 0 heterocycles. The number of allylic oxidation sites excluding steroid dienone is 1. The highest BCUT2D eigenvalue weighted by Crippen LogP contribution is 2.71. The maximum Gasteiger partial charge on any atom is 0.456 e. The molecule has 0 radical (unpaired) electrons. The van der Waals surface area contributed by atoms with Crippen molar-refractivity contribution >= 4 is 17.4 Å². The van der Waals surface area contributed by atoms with Gasteiger partial charge >= 0.3 is 12.1 Å². The molecule has 0 aromatic carbocycles. The molecule has 0 saturated heterocycles. The molecule has 0 spiro atoms. The number of hydrogen-bond donors (Lipinski definition) is 1. The molecule has 3 unspecified atom stereocenters. The minimum absolute atomic E-state index is 0.0572. The van der Waals surface area contributed by atoms with Crippen molar-refractivity contribution in [3.8, 4) is 0 Å². The lowest BCUT2D eigenvalue weighted by Gasteiger charge is -2.59. The average Bonchev–Trinajstić information content (AvgIpc) is 2.90. The normalized spacial score (nSPS) is 45.7. The van der Waals surface area contributed by atoms with Crippen LogP contribution in [0.4, 0.5) is 22.0 Å². The van der Waals surface area contributed by atoms with E-state index in [1.807, 2.05) is 0 Å². The van der Waals surface area contributed by atoms with Crippen LogP contribution in [0, 0.1) is 28.6 Å². The Bertz CT molecular complexity index is 778. The van der Waals surface area contributed by atoms with Crippen molar-refractivity contribution < 1.29 is 31.9 Å². The van der Waals surface area contributed by atoms with E-state index in [9.17, 15) is 31.9 Å². The van der Waals surface area contributed by atoms with E-state index in [2.05, 4.69) is 6.92 Å². The summed E-state index contributed by atoms with van der Waals surface area (Å²) >= 11 is 6.32. The molecule has 0 bridgehead atoms. The van der Waals surface area contributed by atoms with E-state index >= 15 is 0 Å². The largest absolute Gasteiger partial charge is 0.456 e. The molecule has 4 rings (SSSR count). The molecule has 6 atom stereocenters. The second kappa shape index (κ2) is 6.18. The van der Waals surface area contributed by atoms with Crippen LogP contribution in [0.1, 0.15) is 65.2 Å². The summed E-state index contributed by atoms with van der Waals surface area (Å²) in [5.74, 6) is -5.61. The Labute approximate surface area is 171 Å². The highest BCUT2D eigenvalue weighted by molar-refractivity contribution is 6.43. The number of Topliss-reactive ketones (excluding diaryl/α,β-unsaturated/α-hetero) is 1. The van der Waals surface area contributed by atoms with E-state index in [1.54, 1.807) is 0 Å². The van der Waals surface area contributed by atoms with Crippen molar-refractivity contribution in [2.75, 3.05) is 0 Å². The number of aliphatic hydroxyl groups is 1. The van der Waals surface area contributed by atoms with Gasteiger partial charge in [0.2, 0.25) is 0 Å². The number of hydrogen-bond acceptors (Lipinski definition) is 2. The molecule has 1 N–H and O–H groups in total. The fourth-order valence-electron chi connectivity index (χ4n) is 7.42. The number of halogens is 6. The van der Waals surface area contributed by atoms with Crippen LogP contribution in [0.2, 0.25) is 0 Å². The predicted octanol–water partition coefficient (Wildman–Crippen LogP) is 6.01. The Kier molecular flexibility index (Phi) is 4.59. The zero-order valence-corrected chi connectivity index (χ0v) is 17.3. The first kappa shape index (κ1) is 21.5. The highest BCUT2D eigenvalue weighted by Gasteiger charge is 2.79. The number of ketones is 1. The van der Waals surface area contributed by atoms with Crippen molar-refractivity contribution in [1.82, 2.24) is 0 Å². The molecule has 0 aliphatic heterocycles. The van der Waals surface area contributed by atoms with Gasteiger partial charge in [0.05, 0.1) is 5.03 Å². The number of alkyl halides is 5. The van der Waals surface area contributed by atoms with Crippen LogP contribution in [0.15, 0.2) is 10.6 Å². The molecule has 0 aromatic heterocycles. The first-order valence-corrected chi connectivity index (χ1v) is 10.7. The highest BCUT2D eigenvalue weighted by atomic mass is 35.5. The van der Waals surface area contributed by atoms with E-state index in [1.165, 1.54) is 6.92 Å². The molecule has 3 saturated carbocycles. The van der Waals surface area contributed by atoms with Crippen molar-refractivity contribution in [1.29, 1.82) is 0 Å². The zero-order valence-electron chi connectivity index (χ0n) is 16.5. The van der Waals surface area contributed by atoms with Crippen molar-refractivity contribution in [3.63, 3.8) is 0 Å². The van der Waals surface area contributed by atoms with E-state index in [-0.39, 0.29) is 40.9 Å². The van der Waals surface area contributed by atoms with Crippen LogP contribution < -0.4 is 0 Å². The summed E-state index contributed by atoms with van der Waals surface area (Å²) in [6, 6.07) is 0. The Morgan fingerprint density at radius 3 is 2.21 bits per heavy atom. The Morgan fingerprint density at radius 2 is 1.59 bits per heavy atom. The second-order valence-electron chi connectivity index (χ2n) is 9.98. The van der Waals surface area contributed by atoms with Crippen LogP contribution in [0.25, 0.3) is 0 Å². The molecule has 3 fully saturated rings. The van der Waals surface area contributed by atoms with E-state index in [4.69, 9.17) is 11.6 Å². The third-order valence-electron chi connectivity index (χ3n) is 9.08. The van der Waals surface area contributed by atoms with Gasteiger partial charge in [-0.3, -0.25) is 4.79 Å². The Balaban J connectivity index is 1.72. The minimum atomic E-state index is -5.79. The quantitative estimate of drug-likeness (QED) is 0.507. The van der Waals surface area contributed by atoms with Gasteiger partial charge in [-0.05, 0) is 73.7 Å². The maximum atomic E-state index is 14.5. The summed E-state index contributed by atoms with van der Waals surface area (Å²) in [5, 5.41) is 11.1. The fraction of sp³-hybridized carbons (Fsp3) is 0.857. The number of fused-ring (bicyclic) bond motifs is 5. The first-order chi connectivity index (χ1) is 13.2. The molecule has 8 heteroatoms. The van der Waals surface area contributed by atoms with E-state index < -0.39 is 35.5 Å². The van der Waals surface area contributed by atoms with E-state index in [0.29, 0.717) is 32.1 Å². The predicted molar refractivity (Wildman–Crippen MR) is 97.5 cm³/mol. The molecule has 0 amide bonds. The zero-order chi connectivity index (χ0) is 21.6. The molecule has 164 valence electrons. The summed E-state index contributed by atoms with van der Waals surface area (Å²) in [4.78, 5) is 12.1. The summed E-state index contributed by atoms with van der Waals surface area (Å²) in [6.07, 6.45) is -3.50. The van der Waals surface area contributed by atoms with Gasteiger partial charge in [-0.2, -0.15) is 22.0 Å². The molecule has 4 aliphatic rings. The van der Waals surface area contributed by atoms with Crippen LogP contribution in [-0.4, -0.2) is 28.6 Å². The lowest BCUT2D eigenvalue weighted by atomic mass is 9.46. The van der Waals surface area contributed by atoms with E-state index in [0.717, 1.165) is 5.57 Å². The summed E-state index contributed by atoms with van der Waals surface area (Å²) in [6.45, 7) is 3.48. The molecular weight excluding hydrogens is 415 g/mol. The van der Waals surface area contributed by atoms with Crippen LogP contribution in [0.5, 0.6) is 0 Å². The number of rotatable bonds is 1. The molecule has 2 nitrogen and oxygen atoms in total. The van der Waals surface area contributed by atoms with Crippen LogP contribution in [-0.2, 0) is 4.79 Å². The van der Waals surface area contributed by atoms with Gasteiger partial charge in [0.1, 0.15) is 5.60 Å². The van der Waals surface area contributed by atoms with Crippen molar-refractivity contribution in [2.24, 2.45) is 28.6 Å². The SMILES string of the molecule is C[C@]12CCC(=O)C(Cl)=C1CCC1C2CC[C@@]2(C)C1CC[C@]2(O)C(F)(F)C(F)(F)F. The summed E-state index contributed by atoms with van der Waals surface area (Å²) in [5.41, 5.74) is -4.00. The first-order valence-electron chi connectivity index (χ1n) is 10.3. The Morgan fingerprint density at radius 1 is 0.966 bits per heavy atom. The third kappa shape index (κ3) is 2.52. The molecule has 4 aliphatic carbocycles. The lowest BCUT2D eigenvalue weighted by molar-refractivity contribution is -0.363. The molecular formula is C21H26ClF5O2. The van der Waals surface area contributed by atoms with Crippen LogP contribution >= 0.6 is 11.6 Å². The van der Waals surface area contributed by atoms with Gasteiger partial charge in [-0.1, -0.05) is 25.4 Å². The topological polar surface area (TPSA) is 37.3 Å².